The lowest BCUT2D eigenvalue weighted by atomic mass is 10.1. The Morgan fingerprint density at radius 1 is 0.929 bits per heavy atom. The summed E-state index contributed by atoms with van der Waals surface area (Å²) in [4.78, 5) is 15.0. The van der Waals surface area contributed by atoms with Crippen LogP contribution in [0, 0.1) is 13.8 Å². The molecule has 0 spiro atoms. The summed E-state index contributed by atoms with van der Waals surface area (Å²) in [6, 6.07) is 13.8. The largest absolute Gasteiger partial charge is 0.341 e. The number of anilines is 1. The van der Waals surface area contributed by atoms with Crippen LogP contribution >= 0.6 is 0 Å². The van der Waals surface area contributed by atoms with Gasteiger partial charge in [0.2, 0.25) is 5.91 Å². The van der Waals surface area contributed by atoms with Crippen molar-refractivity contribution in [3.05, 3.63) is 59.7 Å². The molecule has 1 aliphatic rings. The second-order valence-electron chi connectivity index (χ2n) is 7.39. The molecule has 0 radical (unpaired) electrons. The monoisotopic (exact) mass is 400 g/mol. The number of likely N-dealkylation sites (tertiary alicyclic amines) is 1. The van der Waals surface area contributed by atoms with Crippen molar-refractivity contribution in [3.8, 4) is 0 Å². The first-order chi connectivity index (χ1) is 13.4. The summed E-state index contributed by atoms with van der Waals surface area (Å²) < 4.78 is 28.0. The zero-order valence-electron chi connectivity index (χ0n) is 16.6. The fourth-order valence-corrected chi connectivity index (χ4v) is 4.89. The Kier molecular flexibility index (Phi) is 6.39. The Hall–Kier alpha value is -2.34. The highest BCUT2D eigenvalue weighted by Crippen LogP contribution is 2.26. The molecule has 0 atom stereocenters. The quantitative estimate of drug-likeness (QED) is 0.765. The van der Waals surface area contributed by atoms with Gasteiger partial charge in [0.05, 0.1) is 10.6 Å². The van der Waals surface area contributed by atoms with Gasteiger partial charge in [0, 0.05) is 13.1 Å². The average molecular weight is 401 g/mol. The van der Waals surface area contributed by atoms with Crippen molar-refractivity contribution >= 4 is 21.6 Å². The third-order valence-corrected chi connectivity index (χ3v) is 7.14. The van der Waals surface area contributed by atoms with Gasteiger partial charge in [-0.1, -0.05) is 37.1 Å². The number of benzene rings is 2. The van der Waals surface area contributed by atoms with Gasteiger partial charge in [-0.15, -0.1) is 0 Å². The molecule has 5 nitrogen and oxygen atoms in total. The maximum atomic E-state index is 13.4. The van der Waals surface area contributed by atoms with Gasteiger partial charge in [0.1, 0.15) is 6.54 Å². The van der Waals surface area contributed by atoms with E-state index in [9.17, 15) is 13.2 Å². The van der Waals surface area contributed by atoms with Crippen LogP contribution < -0.4 is 4.31 Å². The molecule has 150 valence electrons. The van der Waals surface area contributed by atoms with Crippen LogP contribution in [0.2, 0.25) is 0 Å². The highest BCUT2D eigenvalue weighted by atomic mass is 32.2. The number of carbonyl (C=O) groups excluding carboxylic acids is 1. The summed E-state index contributed by atoms with van der Waals surface area (Å²) in [6.07, 6.45) is 4.18. The number of amides is 1. The van der Waals surface area contributed by atoms with Crippen LogP contribution in [0.15, 0.2) is 53.4 Å². The summed E-state index contributed by atoms with van der Waals surface area (Å²) in [6.45, 7) is 5.15. The van der Waals surface area contributed by atoms with Crippen LogP contribution in [0.4, 0.5) is 5.69 Å². The van der Waals surface area contributed by atoms with Gasteiger partial charge in [-0.2, -0.15) is 0 Å². The van der Waals surface area contributed by atoms with E-state index in [2.05, 4.69) is 0 Å². The van der Waals surface area contributed by atoms with Crippen LogP contribution in [-0.4, -0.2) is 38.9 Å². The Morgan fingerprint density at radius 2 is 1.57 bits per heavy atom. The van der Waals surface area contributed by atoms with Gasteiger partial charge in [0.25, 0.3) is 10.0 Å². The fourth-order valence-electron chi connectivity index (χ4n) is 3.46. The van der Waals surface area contributed by atoms with Gasteiger partial charge < -0.3 is 4.90 Å². The standard InChI is InChI=1S/C22H28N2O3S/c1-18-12-13-20(16-19(18)2)24(28(26,27)21-10-6-5-7-11-21)17-22(25)23-14-8-3-4-9-15-23/h5-7,10-13,16H,3-4,8-9,14-15,17H2,1-2H3. The second kappa shape index (κ2) is 8.78. The molecule has 2 aromatic rings. The highest BCUT2D eigenvalue weighted by Gasteiger charge is 2.29. The normalized spacial score (nSPS) is 15.1. The van der Waals surface area contributed by atoms with Gasteiger partial charge >= 0.3 is 0 Å². The van der Waals surface area contributed by atoms with Crippen LogP contribution in [-0.2, 0) is 14.8 Å². The van der Waals surface area contributed by atoms with Crippen molar-refractivity contribution in [2.75, 3.05) is 23.9 Å². The SMILES string of the molecule is Cc1ccc(N(CC(=O)N2CCCCCC2)S(=O)(=O)c2ccccc2)cc1C. The maximum Gasteiger partial charge on any atom is 0.264 e. The number of aryl methyl sites for hydroxylation is 2. The number of nitrogens with zero attached hydrogens (tertiary/aromatic N) is 2. The lowest BCUT2D eigenvalue weighted by Gasteiger charge is -2.28. The van der Waals surface area contributed by atoms with Crippen molar-refractivity contribution in [1.82, 2.24) is 4.90 Å². The summed E-state index contributed by atoms with van der Waals surface area (Å²) in [7, 11) is -3.84. The third-order valence-electron chi connectivity index (χ3n) is 5.35. The Labute approximate surface area is 168 Å². The number of hydrogen-bond donors (Lipinski definition) is 0. The number of rotatable bonds is 5. The van der Waals surface area contributed by atoms with Crippen molar-refractivity contribution < 1.29 is 13.2 Å². The molecule has 3 rings (SSSR count). The first-order valence-electron chi connectivity index (χ1n) is 9.82. The molecule has 0 bridgehead atoms. The molecule has 2 aromatic carbocycles. The number of carbonyl (C=O) groups is 1. The Balaban J connectivity index is 1.96. The van der Waals surface area contributed by atoms with E-state index in [4.69, 9.17) is 0 Å². The Bertz CT molecular complexity index is 918. The molecular weight excluding hydrogens is 372 g/mol. The van der Waals surface area contributed by atoms with E-state index in [-0.39, 0.29) is 17.3 Å². The maximum absolute atomic E-state index is 13.4. The molecule has 0 unspecified atom stereocenters. The van der Waals surface area contributed by atoms with Gasteiger partial charge in [-0.3, -0.25) is 9.10 Å². The van der Waals surface area contributed by atoms with E-state index in [0.29, 0.717) is 18.8 Å². The minimum atomic E-state index is -3.84. The molecule has 1 fully saturated rings. The van der Waals surface area contributed by atoms with Crippen LogP contribution in [0.3, 0.4) is 0 Å². The molecule has 1 aliphatic heterocycles. The summed E-state index contributed by atoms with van der Waals surface area (Å²) in [5.74, 6) is -0.139. The van der Waals surface area contributed by atoms with E-state index in [1.165, 1.54) is 4.31 Å². The van der Waals surface area contributed by atoms with E-state index in [0.717, 1.165) is 36.8 Å². The molecule has 6 heteroatoms. The Morgan fingerprint density at radius 3 is 2.18 bits per heavy atom. The summed E-state index contributed by atoms with van der Waals surface area (Å²) in [5, 5.41) is 0. The molecule has 0 saturated carbocycles. The lowest BCUT2D eigenvalue weighted by molar-refractivity contribution is -0.129. The first kappa shape index (κ1) is 20.4. The highest BCUT2D eigenvalue weighted by molar-refractivity contribution is 7.92. The predicted octanol–water partition coefficient (Wildman–Crippen LogP) is 3.90. The molecule has 0 N–H and O–H groups in total. The predicted molar refractivity (Wildman–Crippen MR) is 112 cm³/mol. The van der Waals surface area contributed by atoms with Crippen molar-refractivity contribution in [1.29, 1.82) is 0 Å². The summed E-state index contributed by atoms with van der Waals surface area (Å²) in [5.41, 5.74) is 2.60. The molecule has 0 aromatic heterocycles. The lowest BCUT2D eigenvalue weighted by Crippen LogP contribution is -2.43. The van der Waals surface area contributed by atoms with Gasteiger partial charge in [-0.05, 0) is 62.1 Å². The van der Waals surface area contributed by atoms with E-state index >= 15 is 0 Å². The topological polar surface area (TPSA) is 57.7 Å². The molecule has 0 aliphatic carbocycles. The molecule has 1 amide bonds. The zero-order valence-corrected chi connectivity index (χ0v) is 17.4. The zero-order chi connectivity index (χ0) is 20.1. The number of sulfonamides is 1. The third kappa shape index (κ3) is 4.55. The molecular formula is C22H28N2O3S. The van der Waals surface area contributed by atoms with E-state index in [1.807, 2.05) is 30.9 Å². The minimum absolute atomic E-state index is 0.139. The minimum Gasteiger partial charge on any atom is -0.341 e. The van der Waals surface area contributed by atoms with Gasteiger partial charge in [0.15, 0.2) is 0 Å². The van der Waals surface area contributed by atoms with Crippen LogP contribution in [0.1, 0.15) is 36.8 Å². The fraction of sp³-hybridized carbons (Fsp3) is 0.409. The molecule has 1 heterocycles. The van der Waals surface area contributed by atoms with E-state index < -0.39 is 10.0 Å². The van der Waals surface area contributed by atoms with E-state index in [1.54, 1.807) is 36.4 Å². The van der Waals surface area contributed by atoms with Crippen LogP contribution in [0.5, 0.6) is 0 Å². The van der Waals surface area contributed by atoms with Gasteiger partial charge in [-0.25, -0.2) is 8.42 Å². The molecule has 28 heavy (non-hydrogen) atoms. The summed E-state index contributed by atoms with van der Waals surface area (Å²) >= 11 is 0. The van der Waals surface area contributed by atoms with Crippen LogP contribution in [0.25, 0.3) is 0 Å². The number of hydrogen-bond acceptors (Lipinski definition) is 3. The average Bonchev–Trinajstić information content (AvgIpc) is 2.98. The van der Waals surface area contributed by atoms with Crippen molar-refractivity contribution in [3.63, 3.8) is 0 Å². The van der Waals surface area contributed by atoms with Crippen molar-refractivity contribution in [2.24, 2.45) is 0 Å². The van der Waals surface area contributed by atoms with Crippen molar-refractivity contribution in [2.45, 2.75) is 44.4 Å². The smallest absolute Gasteiger partial charge is 0.264 e. The first-order valence-corrected chi connectivity index (χ1v) is 11.3. The second-order valence-corrected chi connectivity index (χ2v) is 9.25. The molecule has 1 saturated heterocycles.